The highest BCUT2D eigenvalue weighted by Gasteiger charge is 2.17. The number of likely N-dealkylation sites (N-methyl/N-ethyl adjacent to an activating group) is 1. The lowest BCUT2D eigenvalue weighted by atomic mass is 10.1. The van der Waals surface area contributed by atoms with Crippen molar-refractivity contribution in [2.75, 3.05) is 19.6 Å². The number of Topliss-reactive ketones (excluding diaryl/α,β-unsaturated/α-hetero) is 1. The fourth-order valence-electron chi connectivity index (χ4n) is 1.14. The molecule has 3 heteroatoms. The SMILES string of the molecule is CCN(CC(C)=O)CC(C)(C)O. The van der Waals surface area contributed by atoms with Crippen molar-refractivity contribution in [1.82, 2.24) is 4.90 Å². The van der Waals surface area contributed by atoms with E-state index in [0.29, 0.717) is 13.1 Å². The summed E-state index contributed by atoms with van der Waals surface area (Å²) in [7, 11) is 0. The van der Waals surface area contributed by atoms with Gasteiger partial charge in [-0.1, -0.05) is 6.92 Å². The molecule has 0 saturated carbocycles. The highest BCUT2D eigenvalue weighted by Crippen LogP contribution is 2.04. The van der Waals surface area contributed by atoms with Gasteiger partial charge in [0.05, 0.1) is 12.1 Å². The van der Waals surface area contributed by atoms with Gasteiger partial charge < -0.3 is 5.11 Å². The van der Waals surface area contributed by atoms with Crippen LogP contribution in [0.3, 0.4) is 0 Å². The summed E-state index contributed by atoms with van der Waals surface area (Å²) in [5.74, 6) is 0.140. The monoisotopic (exact) mass is 173 g/mol. The molecule has 0 aromatic rings. The number of hydrogen-bond acceptors (Lipinski definition) is 3. The van der Waals surface area contributed by atoms with Crippen molar-refractivity contribution in [1.29, 1.82) is 0 Å². The van der Waals surface area contributed by atoms with Crippen LogP contribution in [-0.2, 0) is 4.79 Å². The second-order valence-corrected chi connectivity index (χ2v) is 3.82. The standard InChI is InChI=1S/C9H19NO2/c1-5-10(6-8(2)11)7-9(3,4)12/h12H,5-7H2,1-4H3. The van der Waals surface area contributed by atoms with Crippen LogP contribution in [0.2, 0.25) is 0 Å². The molecule has 1 N–H and O–H groups in total. The Labute approximate surface area is 74.4 Å². The van der Waals surface area contributed by atoms with Gasteiger partial charge in [0.2, 0.25) is 0 Å². The molecular formula is C9H19NO2. The van der Waals surface area contributed by atoms with Gasteiger partial charge >= 0.3 is 0 Å². The smallest absolute Gasteiger partial charge is 0.143 e. The van der Waals surface area contributed by atoms with Crippen molar-refractivity contribution >= 4 is 5.78 Å². The van der Waals surface area contributed by atoms with Crippen molar-refractivity contribution in [3.8, 4) is 0 Å². The fourth-order valence-corrected chi connectivity index (χ4v) is 1.14. The first-order chi connectivity index (χ1) is 5.35. The van der Waals surface area contributed by atoms with E-state index in [-0.39, 0.29) is 5.78 Å². The molecule has 0 atom stereocenters. The minimum Gasteiger partial charge on any atom is -0.389 e. The molecule has 0 aliphatic carbocycles. The van der Waals surface area contributed by atoms with Gasteiger partial charge in [0, 0.05) is 6.54 Å². The zero-order chi connectivity index (χ0) is 9.78. The molecule has 0 unspecified atom stereocenters. The van der Waals surface area contributed by atoms with E-state index in [2.05, 4.69) is 0 Å². The maximum atomic E-state index is 10.8. The van der Waals surface area contributed by atoms with Crippen LogP contribution in [0.25, 0.3) is 0 Å². The topological polar surface area (TPSA) is 40.5 Å². The lowest BCUT2D eigenvalue weighted by Gasteiger charge is -2.26. The normalized spacial score (nSPS) is 12.2. The summed E-state index contributed by atoms with van der Waals surface area (Å²) < 4.78 is 0. The Kier molecular flexibility index (Phi) is 4.42. The summed E-state index contributed by atoms with van der Waals surface area (Å²) >= 11 is 0. The third-order valence-electron chi connectivity index (χ3n) is 1.50. The fraction of sp³-hybridized carbons (Fsp3) is 0.889. The van der Waals surface area contributed by atoms with Gasteiger partial charge in [0.15, 0.2) is 0 Å². The number of carbonyl (C=O) groups excluding carboxylic acids is 1. The molecule has 72 valence electrons. The van der Waals surface area contributed by atoms with Crippen molar-refractivity contribution < 1.29 is 9.90 Å². The van der Waals surface area contributed by atoms with Crippen molar-refractivity contribution in [2.45, 2.75) is 33.3 Å². The molecule has 0 aliphatic heterocycles. The lowest BCUT2D eigenvalue weighted by molar-refractivity contribution is -0.118. The highest BCUT2D eigenvalue weighted by molar-refractivity contribution is 5.77. The van der Waals surface area contributed by atoms with Crippen molar-refractivity contribution in [2.24, 2.45) is 0 Å². The predicted octanol–water partition coefficient (Wildman–Crippen LogP) is 0.668. The lowest BCUT2D eigenvalue weighted by Crippen LogP contribution is -2.40. The Bertz CT molecular complexity index is 149. The van der Waals surface area contributed by atoms with E-state index in [4.69, 9.17) is 0 Å². The molecule has 0 heterocycles. The van der Waals surface area contributed by atoms with Crippen LogP contribution in [0.4, 0.5) is 0 Å². The Morgan fingerprint density at radius 1 is 1.50 bits per heavy atom. The maximum Gasteiger partial charge on any atom is 0.143 e. The van der Waals surface area contributed by atoms with Gasteiger partial charge in [-0.15, -0.1) is 0 Å². The molecular weight excluding hydrogens is 154 g/mol. The van der Waals surface area contributed by atoms with E-state index >= 15 is 0 Å². The molecule has 0 fully saturated rings. The van der Waals surface area contributed by atoms with Crippen LogP contribution in [0, 0.1) is 0 Å². The first-order valence-corrected chi connectivity index (χ1v) is 4.29. The molecule has 0 saturated heterocycles. The third-order valence-corrected chi connectivity index (χ3v) is 1.50. The zero-order valence-electron chi connectivity index (χ0n) is 8.42. The minimum atomic E-state index is -0.717. The summed E-state index contributed by atoms with van der Waals surface area (Å²) in [6.07, 6.45) is 0. The second kappa shape index (κ2) is 4.58. The average molecular weight is 173 g/mol. The van der Waals surface area contributed by atoms with Crippen LogP contribution in [0.1, 0.15) is 27.7 Å². The molecule has 0 amide bonds. The van der Waals surface area contributed by atoms with Gasteiger partial charge in [-0.25, -0.2) is 0 Å². The maximum absolute atomic E-state index is 10.8. The van der Waals surface area contributed by atoms with E-state index in [9.17, 15) is 9.90 Å². The number of nitrogens with zero attached hydrogens (tertiary/aromatic N) is 1. The molecule has 3 nitrogen and oxygen atoms in total. The molecule has 0 aromatic heterocycles. The Hall–Kier alpha value is -0.410. The average Bonchev–Trinajstić information content (AvgIpc) is 1.82. The summed E-state index contributed by atoms with van der Waals surface area (Å²) in [6.45, 7) is 8.81. The number of hydrogen-bond donors (Lipinski definition) is 1. The van der Waals surface area contributed by atoms with E-state index in [1.54, 1.807) is 20.8 Å². The summed E-state index contributed by atoms with van der Waals surface area (Å²) in [4.78, 5) is 12.7. The van der Waals surface area contributed by atoms with Crippen LogP contribution >= 0.6 is 0 Å². The van der Waals surface area contributed by atoms with Crippen LogP contribution in [0.5, 0.6) is 0 Å². The summed E-state index contributed by atoms with van der Waals surface area (Å²) in [5.41, 5.74) is -0.717. The molecule has 12 heavy (non-hydrogen) atoms. The molecule has 0 spiro atoms. The van der Waals surface area contributed by atoms with Crippen molar-refractivity contribution in [3.05, 3.63) is 0 Å². The number of carbonyl (C=O) groups is 1. The van der Waals surface area contributed by atoms with Crippen LogP contribution < -0.4 is 0 Å². The van der Waals surface area contributed by atoms with Crippen molar-refractivity contribution in [3.63, 3.8) is 0 Å². The summed E-state index contributed by atoms with van der Waals surface area (Å²) in [5, 5.41) is 9.48. The van der Waals surface area contributed by atoms with E-state index in [1.807, 2.05) is 11.8 Å². The minimum absolute atomic E-state index is 0.140. The largest absolute Gasteiger partial charge is 0.389 e. The van der Waals surface area contributed by atoms with E-state index in [0.717, 1.165) is 6.54 Å². The van der Waals surface area contributed by atoms with Gasteiger partial charge in [0.1, 0.15) is 5.78 Å². The Morgan fingerprint density at radius 2 is 2.00 bits per heavy atom. The van der Waals surface area contributed by atoms with Gasteiger partial charge in [-0.2, -0.15) is 0 Å². The zero-order valence-corrected chi connectivity index (χ0v) is 8.42. The molecule has 0 aromatic carbocycles. The number of aliphatic hydroxyl groups is 1. The summed E-state index contributed by atoms with van der Waals surface area (Å²) in [6, 6.07) is 0. The molecule has 0 radical (unpaired) electrons. The number of ketones is 1. The number of rotatable bonds is 5. The highest BCUT2D eigenvalue weighted by atomic mass is 16.3. The van der Waals surface area contributed by atoms with Crippen LogP contribution in [0.15, 0.2) is 0 Å². The third kappa shape index (κ3) is 6.31. The molecule has 0 aliphatic rings. The van der Waals surface area contributed by atoms with E-state index < -0.39 is 5.60 Å². The van der Waals surface area contributed by atoms with Gasteiger partial charge in [0.25, 0.3) is 0 Å². The Balaban J connectivity index is 3.92. The van der Waals surface area contributed by atoms with E-state index in [1.165, 1.54) is 0 Å². The first-order valence-electron chi connectivity index (χ1n) is 4.29. The second-order valence-electron chi connectivity index (χ2n) is 3.82. The van der Waals surface area contributed by atoms with Gasteiger partial charge in [-0.05, 0) is 27.3 Å². The quantitative estimate of drug-likeness (QED) is 0.664. The molecule has 0 rings (SSSR count). The Morgan fingerprint density at radius 3 is 2.25 bits per heavy atom. The van der Waals surface area contributed by atoms with Gasteiger partial charge in [-0.3, -0.25) is 9.69 Å². The first kappa shape index (κ1) is 11.6. The predicted molar refractivity (Wildman–Crippen MR) is 49.1 cm³/mol. The molecule has 0 bridgehead atoms. The van der Waals surface area contributed by atoms with Crippen LogP contribution in [-0.4, -0.2) is 41.0 Å².